The van der Waals surface area contributed by atoms with Gasteiger partial charge in [-0.1, -0.05) is 6.07 Å². The molecule has 2 aliphatic rings. The zero-order valence-electron chi connectivity index (χ0n) is 12.9. The fraction of sp³-hybridized carbons (Fsp3) is 0.533. The van der Waals surface area contributed by atoms with Gasteiger partial charge in [-0.3, -0.25) is 0 Å². The molecule has 2 aromatic rings. The van der Waals surface area contributed by atoms with E-state index in [9.17, 15) is 13.2 Å². The molecule has 1 unspecified atom stereocenters. The summed E-state index contributed by atoms with van der Waals surface area (Å²) in [7, 11) is 0. The van der Waals surface area contributed by atoms with Crippen LogP contribution in [0.3, 0.4) is 0 Å². The number of rotatable bonds is 2. The normalized spacial score (nSPS) is 21.1. The summed E-state index contributed by atoms with van der Waals surface area (Å²) in [5, 5.41) is 10.4. The first-order chi connectivity index (χ1) is 11.5. The van der Waals surface area contributed by atoms with E-state index in [1.807, 2.05) is 23.2 Å². The molecule has 1 saturated heterocycles. The van der Waals surface area contributed by atoms with Crippen LogP contribution >= 0.6 is 0 Å². The summed E-state index contributed by atoms with van der Waals surface area (Å²) in [4.78, 5) is 6.41. The third-order valence-corrected chi connectivity index (χ3v) is 4.56. The number of hydrogen-bond acceptors (Lipinski definition) is 5. The molecule has 1 fully saturated rings. The minimum absolute atomic E-state index is 0.199. The Bertz CT molecular complexity index is 718. The molecule has 0 bridgehead atoms. The highest BCUT2D eigenvalue weighted by Crippen LogP contribution is 2.30. The molecule has 1 N–H and O–H groups in total. The average molecular weight is 338 g/mol. The fourth-order valence-corrected chi connectivity index (χ4v) is 3.32. The first kappa shape index (κ1) is 15.4. The Balaban J connectivity index is 1.51. The van der Waals surface area contributed by atoms with Crippen LogP contribution in [0.1, 0.15) is 36.1 Å². The average Bonchev–Trinajstić information content (AvgIpc) is 3.23. The monoisotopic (exact) mass is 338 g/mol. The second-order valence-electron chi connectivity index (χ2n) is 6.11. The topological polar surface area (TPSA) is 58.9 Å². The molecule has 0 amide bonds. The maximum Gasteiger partial charge on any atom is 0.451 e. The summed E-state index contributed by atoms with van der Waals surface area (Å²) in [6.45, 7) is 1.94. The molecule has 128 valence electrons. The molecule has 1 atom stereocenters. The smallest absolute Gasteiger partial charge is 0.347 e. The van der Waals surface area contributed by atoms with Crippen molar-refractivity contribution in [2.24, 2.45) is 0 Å². The Kier molecular flexibility index (Phi) is 3.67. The van der Waals surface area contributed by atoms with Gasteiger partial charge in [-0.15, -0.1) is 10.2 Å². The van der Waals surface area contributed by atoms with Crippen LogP contribution < -0.4 is 10.2 Å². The van der Waals surface area contributed by atoms with Crippen molar-refractivity contribution in [2.45, 2.75) is 38.1 Å². The minimum atomic E-state index is -4.47. The number of anilines is 1. The minimum Gasteiger partial charge on any atom is -0.347 e. The summed E-state index contributed by atoms with van der Waals surface area (Å²) >= 11 is 0. The molecule has 0 radical (unpaired) electrons. The molecule has 2 aromatic heterocycles. The van der Waals surface area contributed by atoms with Gasteiger partial charge in [0.05, 0.1) is 6.54 Å². The van der Waals surface area contributed by atoms with E-state index in [0.717, 1.165) is 35.3 Å². The fourth-order valence-electron chi connectivity index (χ4n) is 3.32. The number of pyridine rings is 1. The Morgan fingerprint density at radius 2 is 2.04 bits per heavy atom. The highest BCUT2D eigenvalue weighted by molar-refractivity contribution is 5.41. The molecule has 6 nitrogen and oxygen atoms in total. The highest BCUT2D eigenvalue weighted by atomic mass is 19.4. The first-order valence-electron chi connectivity index (χ1n) is 7.96. The van der Waals surface area contributed by atoms with Gasteiger partial charge in [-0.2, -0.15) is 13.2 Å². The maximum absolute atomic E-state index is 12.9. The van der Waals surface area contributed by atoms with Gasteiger partial charge in [-0.05, 0) is 31.0 Å². The van der Waals surface area contributed by atoms with Crippen LogP contribution in [0.5, 0.6) is 0 Å². The molecule has 0 aliphatic carbocycles. The molecule has 2 aliphatic heterocycles. The molecule has 24 heavy (non-hydrogen) atoms. The van der Waals surface area contributed by atoms with Gasteiger partial charge in [0.25, 0.3) is 0 Å². The summed E-state index contributed by atoms with van der Waals surface area (Å²) in [5.74, 6) is 0.143. The lowest BCUT2D eigenvalue weighted by atomic mass is 10.1. The van der Waals surface area contributed by atoms with E-state index in [1.165, 1.54) is 0 Å². The van der Waals surface area contributed by atoms with E-state index in [1.54, 1.807) is 0 Å². The number of aromatic nitrogens is 4. The number of hydrogen-bond donors (Lipinski definition) is 1. The molecular formula is C15H17F3N6. The molecular weight excluding hydrogens is 321 g/mol. The molecule has 0 spiro atoms. The number of nitrogens with zero attached hydrogens (tertiary/aromatic N) is 5. The van der Waals surface area contributed by atoms with Crippen LogP contribution in [0.25, 0.3) is 0 Å². The summed E-state index contributed by atoms with van der Waals surface area (Å²) in [6, 6.07) is 4.31. The van der Waals surface area contributed by atoms with E-state index in [0.29, 0.717) is 18.4 Å². The van der Waals surface area contributed by atoms with Crippen molar-refractivity contribution in [2.75, 3.05) is 18.0 Å². The molecule has 0 saturated carbocycles. The molecule has 4 rings (SSSR count). The van der Waals surface area contributed by atoms with Crippen molar-refractivity contribution in [3.63, 3.8) is 0 Å². The predicted molar refractivity (Wildman–Crippen MR) is 80.3 cm³/mol. The van der Waals surface area contributed by atoms with Gasteiger partial charge < -0.3 is 14.8 Å². The lowest BCUT2D eigenvalue weighted by Crippen LogP contribution is -2.35. The van der Waals surface area contributed by atoms with Crippen molar-refractivity contribution in [1.82, 2.24) is 25.1 Å². The van der Waals surface area contributed by atoms with Gasteiger partial charge >= 0.3 is 6.18 Å². The highest BCUT2D eigenvalue weighted by Gasteiger charge is 2.39. The Hall–Kier alpha value is -2.16. The van der Waals surface area contributed by atoms with E-state index in [4.69, 9.17) is 0 Å². The van der Waals surface area contributed by atoms with Crippen molar-refractivity contribution in [1.29, 1.82) is 0 Å². The summed E-state index contributed by atoms with van der Waals surface area (Å²) < 4.78 is 39.7. The maximum atomic E-state index is 12.9. The Labute approximate surface area is 136 Å². The van der Waals surface area contributed by atoms with Gasteiger partial charge in [-0.25, -0.2) is 4.98 Å². The third-order valence-electron chi connectivity index (χ3n) is 4.56. The van der Waals surface area contributed by atoms with Crippen LogP contribution in [0.15, 0.2) is 18.3 Å². The van der Waals surface area contributed by atoms with E-state index in [2.05, 4.69) is 20.5 Å². The van der Waals surface area contributed by atoms with Gasteiger partial charge in [0.15, 0.2) is 5.82 Å². The molecule has 9 heteroatoms. The zero-order chi connectivity index (χ0) is 16.7. The Morgan fingerprint density at radius 1 is 1.17 bits per heavy atom. The Morgan fingerprint density at radius 3 is 2.71 bits per heavy atom. The predicted octanol–water partition coefficient (Wildman–Crippen LogP) is 2.14. The number of halogens is 3. The summed E-state index contributed by atoms with van der Waals surface area (Å²) in [6.07, 6.45) is -0.357. The van der Waals surface area contributed by atoms with Crippen molar-refractivity contribution in [3.05, 3.63) is 35.5 Å². The van der Waals surface area contributed by atoms with E-state index in [-0.39, 0.29) is 13.1 Å². The van der Waals surface area contributed by atoms with Crippen LogP contribution in [-0.4, -0.2) is 32.8 Å². The summed E-state index contributed by atoms with van der Waals surface area (Å²) in [5.41, 5.74) is 1.15. The first-order valence-corrected chi connectivity index (χ1v) is 7.96. The lowest BCUT2D eigenvalue weighted by Gasteiger charge is -2.29. The van der Waals surface area contributed by atoms with Crippen molar-refractivity contribution in [3.8, 4) is 0 Å². The van der Waals surface area contributed by atoms with E-state index >= 15 is 0 Å². The van der Waals surface area contributed by atoms with Gasteiger partial charge in [0.1, 0.15) is 5.82 Å². The lowest BCUT2D eigenvalue weighted by molar-refractivity contribution is -0.147. The standard InChI is InChI=1S/C15H17F3N6/c16-15(17,18)14-22-21-13-9-23(6-7-24(13)14)12-4-3-10(8-20-12)11-2-1-5-19-11/h3-4,8,11,19H,1-2,5-7,9H2. The van der Waals surface area contributed by atoms with Gasteiger partial charge in [0, 0.05) is 25.3 Å². The van der Waals surface area contributed by atoms with Crippen LogP contribution in [0.2, 0.25) is 0 Å². The van der Waals surface area contributed by atoms with Crippen LogP contribution in [0.4, 0.5) is 19.0 Å². The number of fused-ring (bicyclic) bond motifs is 1. The molecule has 4 heterocycles. The SMILES string of the molecule is FC(F)(F)c1nnc2n1CCN(c1ccc(C3CCCN3)cn1)C2. The third kappa shape index (κ3) is 2.72. The second kappa shape index (κ2) is 5.73. The van der Waals surface area contributed by atoms with Gasteiger partial charge in [0.2, 0.25) is 5.82 Å². The second-order valence-corrected chi connectivity index (χ2v) is 6.11. The van der Waals surface area contributed by atoms with Crippen LogP contribution in [0, 0.1) is 0 Å². The van der Waals surface area contributed by atoms with Crippen molar-refractivity contribution >= 4 is 5.82 Å². The van der Waals surface area contributed by atoms with Crippen molar-refractivity contribution < 1.29 is 13.2 Å². The van der Waals surface area contributed by atoms with Crippen LogP contribution in [-0.2, 0) is 19.3 Å². The van der Waals surface area contributed by atoms with E-state index < -0.39 is 12.0 Å². The number of alkyl halides is 3. The largest absolute Gasteiger partial charge is 0.451 e. The quantitative estimate of drug-likeness (QED) is 0.909. The number of nitrogens with one attached hydrogen (secondary N) is 1. The zero-order valence-corrected chi connectivity index (χ0v) is 12.9. The molecule has 0 aromatic carbocycles.